The monoisotopic (exact) mass is 462 g/mol. The van der Waals surface area contributed by atoms with E-state index in [9.17, 15) is 4.79 Å². The molecule has 5 aromatic rings. The largest absolute Gasteiger partial charge is 0.420 e. The molecule has 33 heavy (non-hydrogen) atoms. The van der Waals surface area contributed by atoms with E-state index in [1.165, 1.54) is 17.3 Å². The van der Waals surface area contributed by atoms with Gasteiger partial charge in [0.05, 0.1) is 16.7 Å². The Labute approximate surface area is 193 Å². The molecule has 168 valence electrons. The zero-order valence-corrected chi connectivity index (χ0v) is 19.1. The number of aromatic nitrogens is 6. The summed E-state index contributed by atoms with van der Waals surface area (Å²) in [6, 6.07) is 15.4. The zero-order chi connectivity index (χ0) is 22.8. The van der Waals surface area contributed by atoms with Gasteiger partial charge in [-0.15, -0.1) is 20.4 Å². The van der Waals surface area contributed by atoms with Crippen molar-refractivity contribution in [3.63, 3.8) is 0 Å². The summed E-state index contributed by atoms with van der Waals surface area (Å²) in [5.41, 5.74) is 2.72. The molecule has 0 amide bonds. The van der Waals surface area contributed by atoms with Gasteiger partial charge in [-0.05, 0) is 37.6 Å². The molecule has 0 fully saturated rings. The summed E-state index contributed by atoms with van der Waals surface area (Å²) in [6.45, 7) is 3.08. The molecule has 0 aliphatic carbocycles. The van der Waals surface area contributed by atoms with E-state index >= 15 is 0 Å². The molecule has 0 saturated heterocycles. The summed E-state index contributed by atoms with van der Waals surface area (Å²) >= 11 is 1.43. The first-order chi connectivity index (χ1) is 16.2. The molecule has 0 radical (unpaired) electrons. The number of hydrogen-bond acceptors (Lipinski definition) is 8. The third kappa shape index (κ3) is 4.14. The van der Waals surface area contributed by atoms with Gasteiger partial charge in [-0.3, -0.25) is 13.8 Å². The average molecular weight is 463 g/mol. The molecule has 5 rings (SSSR count). The number of rotatable bonds is 8. The Bertz CT molecular complexity index is 1470. The number of para-hydroxylation sites is 1. The number of methoxy groups -OCH3 is 1. The van der Waals surface area contributed by atoms with Gasteiger partial charge in [-0.25, -0.2) is 0 Å². The summed E-state index contributed by atoms with van der Waals surface area (Å²) in [6.07, 6.45) is 0.698. The maximum absolute atomic E-state index is 13.1. The Balaban J connectivity index is 1.47. The lowest BCUT2D eigenvalue weighted by molar-refractivity contribution is 0.190. The highest BCUT2D eigenvalue weighted by molar-refractivity contribution is 7.98. The van der Waals surface area contributed by atoms with Gasteiger partial charge in [0.15, 0.2) is 5.16 Å². The predicted octanol–water partition coefficient (Wildman–Crippen LogP) is 3.73. The molecule has 0 atom stereocenters. The molecule has 9 nitrogen and oxygen atoms in total. The van der Waals surface area contributed by atoms with Crippen LogP contribution in [0.5, 0.6) is 0 Å². The summed E-state index contributed by atoms with van der Waals surface area (Å²) in [4.78, 5) is 13.1. The van der Waals surface area contributed by atoms with Crippen molar-refractivity contribution in [3.05, 3.63) is 70.3 Å². The van der Waals surface area contributed by atoms with Crippen LogP contribution in [0.15, 0.2) is 62.9 Å². The van der Waals surface area contributed by atoms with Crippen molar-refractivity contribution < 1.29 is 9.15 Å². The van der Waals surface area contributed by atoms with Crippen LogP contribution in [0.4, 0.5) is 0 Å². The van der Waals surface area contributed by atoms with E-state index in [4.69, 9.17) is 9.15 Å². The van der Waals surface area contributed by atoms with Crippen LogP contribution in [0.25, 0.3) is 28.1 Å². The topological polar surface area (TPSA) is 100 Å². The summed E-state index contributed by atoms with van der Waals surface area (Å²) in [5, 5.41) is 18.3. The fraction of sp³-hybridized carbons (Fsp3) is 0.261. The summed E-state index contributed by atoms with van der Waals surface area (Å²) < 4.78 is 14.6. The number of aryl methyl sites for hydroxylation is 2. The first kappa shape index (κ1) is 21.4. The minimum Gasteiger partial charge on any atom is -0.420 e. The number of nitrogens with zero attached hydrogens (tertiary/aromatic N) is 6. The SMILES string of the molecule is COCCCn1c(=O)c2ccccc2n2c(SCc3nnc(-c4ccc(C)cc4)o3)nnc12. The average Bonchev–Trinajstić information content (AvgIpc) is 3.48. The molecule has 0 N–H and O–H groups in total. The Morgan fingerprint density at radius 2 is 1.85 bits per heavy atom. The van der Waals surface area contributed by atoms with Gasteiger partial charge in [0, 0.05) is 25.8 Å². The highest BCUT2D eigenvalue weighted by atomic mass is 32.2. The van der Waals surface area contributed by atoms with Crippen molar-refractivity contribution in [3.8, 4) is 11.5 Å². The van der Waals surface area contributed by atoms with Crippen LogP contribution in [-0.2, 0) is 17.0 Å². The van der Waals surface area contributed by atoms with Gasteiger partial charge >= 0.3 is 0 Å². The molecule has 2 aromatic carbocycles. The molecule has 3 heterocycles. The van der Waals surface area contributed by atoms with Gasteiger partial charge in [0.25, 0.3) is 5.56 Å². The van der Waals surface area contributed by atoms with Crippen LogP contribution in [0.2, 0.25) is 0 Å². The number of fused-ring (bicyclic) bond motifs is 3. The van der Waals surface area contributed by atoms with E-state index in [-0.39, 0.29) is 5.56 Å². The third-order valence-corrected chi connectivity index (χ3v) is 6.21. The first-order valence-electron chi connectivity index (χ1n) is 10.5. The highest BCUT2D eigenvalue weighted by Gasteiger charge is 2.18. The molecule has 0 aliphatic heterocycles. The summed E-state index contributed by atoms with van der Waals surface area (Å²) in [7, 11) is 1.65. The molecule has 0 aliphatic rings. The lowest BCUT2D eigenvalue weighted by atomic mass is 10.1. The maximum atomic E-state index is 13.1. The molecule has 0 unspecified atom stereocenters. The van der Waals surface area contributed by atoms with E-state index in [1.54, 1.807) is 11.7 Å². The van der Waals surface area contributed by atoms with E-state index in [0.717, 1.165) is 11.1 Å². The molecule has 0 saturated carbocycles. The van der Waals surface area contributed by atoms with Gasteiger partial charge < -0.3 is 9.15 Å². The highest BCUT2D eigenvalue weighted by Crippen LogP contribution is 2.26. The number of benzene rings is 2. The van der Waals surface area contributed by atoms with Gasteiger partial charge in [0.2, 0.25) is 17.6 Å². The molecular formula is C23H22N6O3S. The Morgan fingerprint density at radius 1 is 1.03 bits per heavy atom. The van der Waals surface area contributed by atoms with Crippen LogP contribution in [0.3, 0.4) is 0 Å². The minimum atomic E-state index is -0.0854. The molecule has 10 heteroatoms. The lowest BCUT2D eigenvalue weighted by Gasteiger charge is -2.10. The van der Waals surface area contributed by atoms with Gasteiger partial charge in [-0.1, -0.05) is 41.6 Å². The third-order valence-electron chi connectivity index (χ3n) is 5.30. The van der Waals surface area contributed by atoms with Crippen molar-refractivity contribution in [1.29, 1.82) is 0 Å². The lowest BCUT2D eigenvalue weighted by Crippen LogP contribution is -2.24. The Kier molecular flexibility index (Phi) is 5.93. The Hall–Kier alpha value is -3.50. The van der Waals surface area contributed by atoms with E-state index < -0.39 is 0 Å². The van der Waals surface area contributed by atoms with E-state index in [1.807, 2.05) is 59.9 Å². The van der Waals surface area contributed by atoms with Crippen LogP contribution in [0.1, 0.15) is 17.9 Å². The Morgan fingerprint density at radius 3 is 2.67 bits per heavy atom. The fourth-order valence-electron chi connectivity index (χ4n) is 3.65. The number of thioether (sulfide) groups is 1. The van der Waals surface area contributed by atoms with E-state index in [2.05, 4.69) is 20.4 Å². The molecule has 0 bridgehead atoms. The number of hydrogen-bond donors (Lipinski definition) is 0. The van der Waals surface area contributed by atoms with Gasteiger partial charge in [-0.2, -0.15) is 0 Å². The number of ether oxygens (including phenoxy) is 1. The van der Waals surface area contributed by atoms with Crippen LogP contribution < -0.4 is 5.56 Å². The van der Waals surface area contributed by atoms with Gasteiger partial charge in [0.1, 0.15) is 0 Å². The second-order valence-corrected chi connectivity index (χ2v) is 8.54. The van der Waals surface area contributed by atoms with Crippen molar-refractivity contribution >= 4 is 28.4 Å². The van der Waals surface area contributed by atoms with Crippen LogP contribution in [0, 0.1) is 6.92 Å². The first-order valence-corrected chi connectivity index (χ1v) is 11.5. The van der Waals surface area contributed by atoms with E-state index in [0.29, 0.717) is 53.4 Å². The second-order valence-electron chi connectivity index (χ2n) is 7.59. The van der Waals surface area contributed by atoms with Crippen molar-refractivity contribution in [2.24, 2.45) is 0 Å². The predicted molar refractivity (Wildman–Crippen MR) is 125 cm³/mol. The van der Waals surface area contributed by atoms with Crippen molar-refractivity contribution in [2.75, 3.05) is 13.7 Å². The minimum absolute atomic E-state index is 0.0854. The summed E-state index contributed by atoms with van der Waals surface area (Å²) in [5.74, 6) is 1.90. The van der Waals surface area contributed by atoms with Crippen molar-refractivity contribution in [1.82, 2.24) is 29.4 Å². The molecule has 0 spiro atoms. The van der Waals surface area contributed by atoms with Crippen molar-refractivity contribution in [2.45, 2.75) is 30.8 Å². The maximum Gasteiger partial charge on any atom is 0.262 e. The van der Waals surface area contributed by atoms with Crippen LogP contribution in [-0.4, -0.2) is 43.1 Å². The zero-order valence-electron chi connectivity index (χ0n) is 18.3. The van der Waals surface area contributed by atoms with Crippen LogP contribution >= 0.6 is 11.8 Å². The molecule has 3 aromatic heterocycles. The smallest absolute Gasteiger partial charge is 0.262 e. The second kappa shape index (κ2) is 9.16. The fourth-order valence-corrected chi connectivity index (χ4v) is 4.42. The standard InChI is InChI=1S/C23H22N6O3S/c1-15-8-10-16(11-9-15)20-25-24-19(32-20)14-33-23-27-26-22-28(12-5-13-31-2)21(30)17-6-3-4-7-18(17)29(22)23/h3-4,6-11H,5,12-14H2,1-2H3. The normalized spacial score (nSPS) is 11.6. The quantitative estimate of drug-likeness (QED) is 0.254. The molecular weight excluding hydrogens is 440 g/mol.